The van der Waals surface area contributed by atoms with Gasteiger partial charge in [-0.05, 0) is 30.9 Å². The van der Waals surface area contributed by atoms with Gasteiger partial charge in [0.1, 0.15) is 5.82 Å². The van der Waals surface area contributed by atoms with Gasteiger partial charge in [-0.2, -0.15) is 0 Å². The molecule has 1 aliphatic heterocycles. The molecule has 1 aromatic rings. The van der Waals surface area contributed by atoms with E-state index in [4.69, 9.17) is 5.73 Å². The van der Waals surface area contributed by atoms with Crippen molar-refractivity contribution >= 4 is 11.7 Å². The number of hydrogen-bond acceptors (Lipinski definition) is 3. The number of amides is 1. The Kier molecular flexibility index (Phi) is 3.08. The first-order valence-corrected chi connectivity index (χ1v) is 5.68. The van der Waals surface area contributed by atoms with Crippen molar-refractivity contribution in [3.63, 3.8) is 0 Å². The van der Waals surface area contributed by atoms with Crippen LogP contribution in [0.25, 0.3) is 0 Å². The number of carbonyl (C=O) groups is 1. The molecule has 0 spiro atoms. The highest BCUT2D eigenvalue weighted by atomic mass is 16.1. The Hall–Kier alpha value is -1.58. The number of primary amides is 1. The molecule has 86 valence electrons. The molecule has 1 fully saturated rings. The lowest BCUT2D eigenvalue weighted by Gasteiger charge is -2.32. The Bertz CT molecular complexity index is 392. The molecule has 1 saturated heterocycles. The predicted octanol–water partition coefficient (Wildman–Crippen LogP) is 1.42. The molecule has 1 atom stereocenters. The van der Waals surface area contributed by atoms with E-state index in [2.05, 4.69) is 16.8 Å². The molecule has 0 aromatic carbocycles. The second-order valence-corrected chi connectivity index (χ2v) is 4.43. The fourth-order valence-electron chi connectivity index (χ4n) is 2.22. The summed E-state index contributed by atoms with van der Waals surface area (Å²) in [5.74, 6) is 0.986. The Morgan fingerprint density at radius 1 is 1.62 bits per heavy atom. The summed E-state index contributed by atoms with van der Waals surface area (Å²) in [4.78, 5) is 17.7. The maximum atomic E-state index is 11.3. The molecular weight excluding hydrogens is 202 g/mol. The number of anilines is 1. The third kappa shape index (κ3) is 2.15. The van der Waals surface area contributed by atoms with E-state index in [1.165, 1.54) is 6.42 Å². The fraction of sp³-hybridized carbons (Fsp3) is 0.500. The van der Waals surface area contributed by atoms with Crippen LogP contribution in [-0.2, 0) is 0 Å². The Labute approximate surface area is 95.5 Å². The minimum atomic E-state index is -0.402. The number of nitrogens with two attached hydrogens (primary N) is 1. The molecular formula is C12H17N3O. The van der Waals surface area contributed by atoms with Gasteiger partial charge < -0.3 is 10.6 Å². The first kappa shape index (κ1) is 10.9. The molecule has 1 aliphatic rings. The van der Waals surface area contributed by atoms with Gasteiger partial charge in [0.15, 0.2) is 0 Å². The molecule has 0 aliphatic carbocycles. The van der Waals surface area contributed by atoms with Gasteiger partial charge >= 0.3 is 0 Å². The van der Waals surface area contributed by atoms with Crippen molar-refractivity contribution in [2.75, 3.05) is 18.0 Å². The van der Waals surface area contributed by atoms with Gasteiger partial charge in [-0.1, -0.05) is 6.92 Å². The minimum Gasteiger partial charge on any atom is -0.365 e. The van der Waals surface area contributed by atoms with Crippen LogP contribution < -0.4 is 10.6 Å². The summed E-state index contributed by atoms with van der Waals surface area (Å²) >= 11 is 0. The van der Waals surface area contributed by atoms with Gasteiger partial charge in [0.25, 0.3) is 5.91 Å². The van der Waals surface area contributed by atoms with Crippen molar-refractivity contribution in [3.8, 4) is 0 Å². The van der Waals surface area contributed by atoms with Crippen LogP contribution in [0.2, 0.25) is 0 Å². The maximum absolute atomic E-state index is 11.3. The number of piperidine rings is 1. The van der Waals surface area contributed by atoms with E-state index >= 15 is 0 Å². The van der Waals surface area contributed by atoms with Crippen LogP contribution in [0.15, 0.2) is 18.3 Å². The number of hydrogen-bond donors (Lipinski definition) is 1. The van der Waals surface area contributed by atoms with Crippen LogP contribution in [0.4, 0.5) is 5.82 Å². The van der Waals surface area contributed by atoms with Crippen molar-refractivity contribution in [1.82, 2.24) is 4.98 Å². The molecule has 0 saturated carbocycles. The average molecular weight is 219 g/mol. The normalized spacial score (nSPS) is 20.8. The molecule has 2 N–H and O–H groups in total. The SMILES string of the molecule is C[C@H]1CCCN(c2ncccc2C(N)=O)C1. The second kappa shape index (κ2) is 4.51. The van der Waals surface area contributed by atoms with Crippen molar-refractivity contribution in [1.29, 1.82) is 0 Å². The van der Waals surface area contributed by atoms with Crippen LogP contribution in [0.1, 0.15) is 30.1 Å². The van der Waals surface area contributed by atoms with Gasteiger partial charge in [0.05, 0.1) is 5.56 Å². The standard InChI is InChI=1S/C12H17N3O/c1-9-4-3-7-15(8-9)12-10(11(13)16)5-2-6-14-12/h2,5-6,9H,3-4,7-8H2,1H3,(H2,13,16)/t9-/m0/s1. The first-order chi connectivity index (χ1) is 7.68. The van der Waals surface area contributed by atoms with E-state index in [1.54, 1.807) is 18.3 Å². The average Bonchev–Trinajstić information content (AvgIpc) is 2.29. The summed E-state index contributed by atoms with van der Waals surface area (Å²) in [7, 11) is 0. The Morgan fingerprint density at radius 2 is 2.44 bits per heavy atom. The monoisotopic (exact) mass is 219 g/mol. The molecule has 16 heavy (non-hydrogen) atoms. The zero-order chi connectivity index (χ0) is 11.5. The fourth-order valence-corrected chi connectivity index (χ4v) is 2.22. The van der Waals surface area contributed by atoms with E-state index in [1.807, 2.05) is 0 Å². The van der Waals surface area contributed by atoms with Crippen LogP contribution in [0.5, 0.6) is 0 Å². The molecule has 1 aromatic heterocycles. The summed E-state index contributed by atoms with van der Waals surface area (Å²) in [6.45, 7) is 4.14. The van der Waals surface area contributed by atoms with Crippen LogP contribution in [0.3, 0.4) is 0 Å². The topological polar surface area (TPSA) is 59.2 Å². The van der Waals surface area contributed by atoms with Gasteiger partial charge in [-0.3, -0.25) is 4.79 Å². The summed E-state index contributed by atoms with van der Waals surface area (Å²) in [5, 5.41) is 0. The van der Waals surface area contributed by atoms with Crippen molar-refractivity contribution < 1.29 is 4.79 Å². The van der Waals surface area contributed by atoms with Crippen molar-refractivity contribution in [2.45, 2.75) is 19.8 Å². The Morgan fingerprint density at radius 3 is 3.12 bits per heavy atom. The zero-order valence-corrected chi connectivity index (χ0v) is 9.52. The van der Waals surface area contributed by atoms with Gasteiger partial charge in [-0.25, -0.2) is 4.98 Å². The number of nitrogens with zero attached hydrogens (tertiary/aromatic N) is 2. The van der Waals surface area contributed by atoms with Crippen LogP contribution in [-0.4, -0.2) is 24.0 Å². The molecule has 0 bridgehead atoms. The lowest BCUT2D eigenvalue weighted by Crippen LogP contribution is -2.36. The van der Waals surface area contributed by atoms with Crippen molar-refractivity contribution in [3.05, 3.63) is 23.9 Å². The number of rotatable bonds is 2. The number of aromatic nitrogens is 1. The highest BCUT2D eigenvalue weighted by molar-refractivity contribution is 5.97. The van der Waals surface area contributed by atoms with Crippen molar-refractivity contribution in [2.24, 2.45) is 11.7 Å². The lowest BCUT2D eigenvalue weighted by atomic mass is 10.00. The van der Waals surface area contributed by atoms with Gasteiger partial charge in [0, 0.05) is 19.3 Å². The van der Waals surface area contributed by atoms with Gasteiger partial charge in [-0.15, -0.1) is 0 Å². The van der Waals surface area contributed by atoms with Gasteiger partial charge in [0.2, 0.25) is 0 Å². The summed E-state index contributed by atoms with van der Waals surface area (Å²) in [5.41, 5.74) is 5.87. The molecule has 4 nitrogen and oxygen atoms in total. The summed E-state index contributed by atoms with van der Waals surface area (Å²) in [6.07, 6.45) is 4.10. The Balaban J connectivity index is 2.28. The van der Waals surface area contributed by atoms with E-state index in [9.17, 15) is 4.79 Å². The lowest BCUT2D eigenvalue weighted by molar-refractivity contribution is 0.100. The zero-order valence-electron chi connectivity index (χ0n) is 9.52. The smallest absolute Gasteiger partial charge is 0.252 e. The molecule has 0 unspecified atom stereocenters. The number of carbonyl (C=O) groups excluding carboxylic acids is 1. The second-order valence-electron chi connectivity index (χ2n) is 4.43. The summed E-state index contributed by atoms with van der Waals surface area (Å²) < 4.78 is 0. The molecule has 4 heteroatoms. The summed E-state index contributed by atoms with van der Waals surface area (Å²) in [6, 6.07) is 3.49. The quantitative estimate of drug-likeness (QED) is 0.818. The van der Waals surface area contributed by atoms with E-state index in [0.717, 1.165) is 25.3 Å². The highest BCUT2D eigenvalue weighted by Gasteiger charge is 2.21. The maximum Gasteiger partial charge on any atom is 0.252 e. The van der Waals surface area contributed by atoms with E-state index < -0.39 is 5.91 Å². The van der Waals surface area contributed by atoms with E-state index in [-0.39, 0.29) is 0 Å². The molecule has 2 rings (SSSR count). The number of pyridine rings is 1. The highest BCUT2D eigenvalue weighted by Crippen LogP contribution is 2.23. The predicted molar refractivity (Wildman–Crippen MR) is 63.4 cm³/mol. The third-order valence-electron chi connectivity index (χ3n) is 3.01. The minimum absolute atomic E-state index is 0.402. The van der Waals surface area contributed by atoms with Crippen LogP contribution >= 0.6 is 0 Å². The largest absolute Gasteiger partial charge is 0.365 e. The van der Waals surface area contributed by atoms with E-state index in [0.29, 0.717) is 11.5 Å². The van der Waals surface area contributed by atoms with Crippen LogP contribution in [0, 0.1) is 5.92 Å². The first-order valence-electron chi connectivity index (χ1n) is 5.68. The molecule has 2 heterocycles. The molecule has 0 radical (unpaired) electrons. The third-order valence-corrected chi connectivity index (χ3v) is 3.01. The molecule has 1 amide bonds.